The van der Waals surface area contributed by atoms with Gasteiger partial charge in [-0.15, -0.1) is 0 Å². The second-order valence-corrected chi connectivity index (χ2v) is 5.79. The van der Waals surface area contributed by atoms with Gasteiger partial charge in [0, 0.05) is 24.0 Å². The monoisotopic (exact) mass is 183 g/mol. The van der Waals surface area contributed by atoms with Crippen LogP contribution in [0.4, 0.5) is 0 Å². The van der Waals surface area contributed by atoms with Crippen LogP contribution in [0.25, 0.3) is 0 Å². The van der Waals surface area contributed by atoms with E-state index in [-0.39, 0.29) is 0 Å². The second-order valence-electron chi connectivity index (χ2n) is 2.33. The fourth-order valence-electron chi connectivity index (χ4n) is 0.371. The summed E-state index contributed by atoms with van der Waals surface area (Å²) in [6, 6.07) is 0. The minimum atomic E-state index is -2.41. The smallest absolute Gasteiger partial charge is 0.141 e. The van der Waals surface area contributed by atoms with Crippen molar-refractivity contribution in [1.82, 2.24) is 4.90 Å². The van der Waals surface area contributed by atoms with Gasteiger partial charge in [0.1, 0.15) is 8.77 Å². The summed E-state index contributed by atoms with van der Waals surface area (Å²) in [5.41, 5.74) is 0. The fraction of sp³-hybridized carbons (Fsp3) is 1.00. The van der Waals surface area contributed by atoms with E-state index in [9.17, 15) is 4.21 Å². The third-order valence-electron chi connectivity index (χ3n) is 0.836. The molecule has 0 N–H and O–H groups in total. The molecule has 0 heterocycles. The molecular weight excluding hydrogens is 170 g/mol. The van der Waals surface area contributed by atoms with E-state index < -0.39 is 8.77 Å². The summed E-state index contributed by atoms with van der Waals surface area (Å²) in [7, 11) is 1.43. The van der Waals surface area contributed by atoms with Gasteiger partial charge in [-0.25, -0.2) is 4.21 Å². The molecule has 0 saturated carbocycles. The van der Waals surface area contributed by atoms with Crippen LogP contribution in [0.5, 0.6) is 0 Å². The molecule has 0 rings (SSSR count). The maximum Gasteiger partial charge on any atom is 0.141 e. The highest BCUT2D eigenvalue weighted by Gasteiger charge is 1.96. The second kappa shape index (κ2) is 4.23. The molecule has 0 saturated heterocycles. The van der Waals surface area contributed by atoms with Crippen LogP contribution in [-0.4, -0.2) is 42.6 Å². The minimum Gasteiger partial charge on any atom is -0.307 e. The Morgan fingerprint density at radius 3 is 2.40 bits per heavy atom. The molecule has 0 spiro atoms. The Hall–Kier alpha value is 0.290. The zero-order valence-electron chi connectivity index (χ0n) is 6.49. The predicted molar refractivity (Wildman–Crippen MR) is 45.9 cm³/mol. The molecule has 0 aromatic rings. The number of hydrogen-bond donors (Lipinski definition) is 0. The molecule has 62 valence electrons. The Balaban J connectivity index is 3.39. The van der Waals surface area contributed by atoms with Crippen molar-refractivity contribution >= 4 is 20.0 Å². The maximum atomic E-state index is 10.7. The van der Waals surface area contributed by atoms with Crippen LogP contribution in [0.15, 0.2) is 0 Å². The molecule has 0 radical (unpaired) electrons. The molecule has 0 aromatic heterocycles. The van der Waals surface area contributed by atoms with Crippen LogP contribution in [-0.2, 0) is 24.1 Å². The zero-order valence-corrected chi connectivity index (χ0v) is 8.13. The predicted octanol–water partition coefficient (Wildman–Crippen LogP) is -0.144. The van der Waals surface area contributed by atoms with E-state index >= 15 is 0 Å². The summed E-state index contributed by atoms with van der Waals surface area (Å²) < 4.78 is 15.6. The lowest BCUT2D eigenvalue weighted by Gasteiger charge is -2.08. The molecule has 0 amide bonds. The lowest BCUT2D eigenvalue weighted by atomic mass is 10.6. The first-order valence-electron chi connectivity index (χ1n) is 2.91. The molecule has 0 aliphatic heterocycles. The van der Waals surface area contributed by atoms with Crippen molar-refractivity contribution in [2.75, 3.05) is 33.5 Å². The van der Waals surface area contributed by atoms with Crippen molar-refractivity contribution in [2.45, 2.75) is 0 Å². The van der Waals surface area contributed by atoms with Gasteiger partial charge in [-0.2, -0.15) is 0 Å². The average Bonchev–Trinajstić information content (AvgIpc) is 1.59. The van der Waals surface area contributed by atoms with Gasteiger partial charge < -0.3 is 4.90 Å². The van der Waals surface area contributed by atoms with Crippen LogP contribution in [0.3, 0.4) is 0 Å². The lowest BCUT2D eigenvalue weighted by molar-refractivity contribution is 0.281. The molecule has 0 fully saturated rings. The highest BCUT2D eigenvalue weighted by Crippen LogP contribution is 1.87. The molecule has 3 nitrogen and oxygen atoms in total. The van der Waals surface area contributed by atoms with Gasteiger partial charge in [0.25, 0.3) is 0 Å². The summed E-state index contributed by atoms with van der Waals surface area (Å²) >= 11 is 4.52. The summed E-state index contributed by atoms with van der Waals surface area (Å²) in [4.78, 5) is 1.94. The molecule has 0 aromatic carbocycles. The van der Waals surface area contributed by atoms with Crippen molar-refractivity contribution in [3.63, 3.8) is 0 Å². The Labute approximate surface area is 67.2 Å². The number of rotatable bonds is 4. The normalized spacial score (nSPS) is 17.2. The van der Waals surface area contributed by atoms with Crippen molar-refractivity contribution in [3.8, 4) is 0 Å². The number of nitrogens with zero attached hydrogens (tertiary/aromatic N) is 1. The van der Waals surface area contributed by atoms with Crippen LogP contribution in [0, 0.1) is 0 Å². The van der Waals surface area contributed by atoms with E-state index in [0.29, 0.717) is 6.61 Å². The summed E-state index contributed by atoms with van der Waals surface area (Å²) in [5.74, 6) is 0. The van der Waals surface area contributed by atoms with Crippen LogP contribution < -0.4 is 0 Å². The SMILES string of the molecule is CN(C)CCOS(C)(=O)=S. The molecule has 10 heavy (non-hydrogen) atoms. The van der Waals surface area contributed by atoms with Crippen molar-refractivity contribution in [2.24, 2.45) is 0 Å². The third-order valence-corrected chi connectivity index (χ3v) is 1.72. The Morgan fingerprint density at radius 2 is 2.10 bits per heavy atom. The van der Waals surface area contributed by atoms with Gasteiger partial charge >= 0.3 is 0 Å². The van der Waals surface area contributed by atoms with E-state index in [0.717, 1.165) is 6.54 Å². The Bertz CT molecular complexity index is 174. The van der Waals surface area contributed by atoms with E-state index in [1.54, 1.807) is 0 Å². The molecule has 1 atom stereocenters. The fourth-order valence-corrected chi connectivity index (χ4v) is 0.953. The van der Waals surface area contributed by atoms with E-state index in [1.165, 1.54) is 6.26 Å². The third kappa shape index (κ3) is 8.29. The van der Waals surface area contributed by atoms with E-state index in [1.807, 2.05) is 19.0 Å². The van der Waals surface area contributed by atoms with Crippen molar-refractivity contribution < 1.29 is 8.39 Å². The van der Waals surface area contributed by atoms with Gasteiger partial charge in [0.05, 0.1) is 6.61 Å². The number of likely N-dealkylation sites (N-methyl/N-ethyl adjacent to an activating group) is 1. The number of hydrogen-bond acceptors (Lipinski definition) is 4. The highest BCUT2D eigenvalue weighted by molar-refractivity contribution is 8.29. The molecule has 0 aliphatic rings. The quantitative estimate of drug-likeness (QED) is 0.606. The molecule has 5 heteroatoms. The Morgan fingerprint density at radius 1 is 1.60 bits per heavy atom. The first kappa shape index (κ1) is 10.3. The molecule has 0 bridgehead atoms. The van der Waals surface area contributed by atoms with E-state index in [2.05, 4.69) is 11.2 Å². The Kier molecular flexibility index (Phi) is 4.35. The zero-order chi connectivity index (χ0) is 8.20. The van der Waals surface area contributed by atoms with Crippen molar-refractivity contribution in [1.29, 1.82) is 0 Å². The summed E-state index contributed by atoms with van der Waals surface area (Å²) in [6.45, 7) is 1.19. The maximum absolute atomic E-state index is 10.7. The largest absolute Gasteiger partial charge is 0.307 e. The van der Waals surface area contributed by atoms with Crippen LogP contribution >= 0.6 is 0 Å². The van der Waals surface area contributed by atoms with Gasteiger partial charge in [0.15, 0.2) is 0 Å². The first-order chi connectivity index (χ1) is 4.42. The van der Waals surface area contributed by atoms with Gasteiger partial charge in [-0.05, 0) is 14.1 Å². The van der Waals surface area contributed by atoms with Gasteiger partial charge in [0.2, 0.25) is 0 Å². The van der Waals surface area contributed by atoms with Crippen LogP contribution in [0.1, 0.15) is 0 Å². The van der Waals surface area contributed by atoms with Gasteiger partial charge in [-0.3, -0.25) is 4.18 Å². The highest BCUT2D eigenvalue weighted by atomic mass is 32.8. The van der Waals surface area contributed by atoms with E-state index in [4.69, 9.17) is 4.18 Å². The van der Waals surface area contributed by atoms with Gasteiger partial charge in [-0.1, -0.05) is 0 Å². The minimum absolute atomic E-state index is 0.436. The molecular formula is C5H13NO2S2. The van der Waals surface area contributed by atoms with Crippen molar-refractivity contribution in [3.05, 3.63) is 0 Å². The topological polar surface area (TPSA) is 29.5 Å². The standard InChI is InChI=1S/C5H13NO2S2/c1-6(2)4-5-8-10(3,7)9/h4-5H2,1-3H3. The average molecular weight is 183 g/mol. The molecule has 1 unspecified atom stereocenters. The van der Waals surface area contributed by atoms with Crippen LogP contribution in [0.2, 0.25) is 0 Å². The lowest BCUT2D eigenvalue weighted by Crippen LogP contribution is -2.19. The summed E-state index contributed by atoms with van der Waals surface area (Å²) in [5, 5.41) is 0. The summed E-state index contributed by atoms with van der Waals surface area (Å²) in [6.07, 6.45) is 1.41. The first-order valence-corrected chi connectivity index (χ1v) is 5.72. The molecule has 0 aliphatic carbocycles.